The Morgan fingerprint density at radius 3 is 2.39 bits per heavy atom. The number of aryl methyl sites for hydroxylation is 1. The van der Waals surface area contributed by atoms with Crippen LogP contribution in [0.3, 0.4) is 0 Å². The minimum atomic E-state index is -0.311. The second kappa shape index (κ2) is 7.40. The number of amides is 2. The van der Waals surface area contributed by atoms with Gasteiger partial charge in [-0.2, -0.15) is 0 Å². The summed E-state index contributed by atoms with van der Waals surface area (Å²) in [6, 6.07) is 10.1. The van der Waals surface area contributed by atoms with E-state index in [0.717, 1.165) is 5.69 Å². The molecule has 0 saturated heterocycles. The zero-order chi connectivity index (χ0) is 16.8. The van der Waals surface area contributed by atoms with Crippen LogP contribution in [-0.2, 0) is 0 Å². The highest BCUT2D eigenvalue weighted by atomic mass is 16.5. The number of pyridine rings is 1. The molecule has 1 aromatic heterocycles. The van der Waals surface area contributed by atoms with Gasteiger partial charge in [0, 0.05) is 24.0 Å². The first kappa shape index (κ1) is 16.5. The first-order valence-corrected chi connectivity index (χ1v) is 7.29. The van der Waals surface area contributed by atoms with E-state index >= 15 is 0 Å². The maximum atomic E-state index is 12.4. The fraction of sp³-hybridized carbons (Fsp3) is 0.235. The molecule has 0 saturated carbocycles. The van der Waals surface area contributed by atoms with Crippen molar-refractivity contribution in [3.8, 4) is 5.88 Å². The number of ether oxygens (including phenoxy) is 1. The Morgan fingerprint density at radius 1 is 1.09 bits per heavy atom. The highest BCUT2D eigenvalue weighted by molar-refractivity contribution is 6.06. The summed E-state index contributed by atoms with van der Waals surface area (Å²) in [4.78, 5) is 28.1. The average molecular weight is 313 g/mol. The minimum Gasteiger partial charge on any atom is -0.477 e. The predicted molar refractivity (Wildman–Crippen MR) is 87.9 cm³/mol. The molecule has 0 radical (unpaired) electrons. The Bertz CT molecular complexity index is 712. The van der Waals surface area contributed by atoms with Crippen molar-refractivity contribution in [1.82, 2.24) is 10.3 Å². The van der Waals surface area contributed by atoms with Gasteiger partial charge in [0.05, 0.1) is 6.61 Å². The molecule has 0 fully saturated rings. The number of aromatic nitrogens is 1. The Morgan fingerprint density at radius 2 is 1.78 bits per heavy atom. The van der Waals surface area contributed by atoms with Gasteiger partial charge < -0.3 is 15.4 Å². The van der Waals surface area contributed by atoms with Crippen molar-refractivity contribution in [2.45, 2.75) is 13.8 Å². The molecule has 2 N–H and O–H groups in total. The second-order valence-corrected chi connectivity index (χ2v) is 4.85. The summed E-state index contributed by atoms with van der Waals surface area (Å²) >= 11 is 0. The Kier molecular flexibility index (Phi) is 5.30. The zero-order valence-corrected chi connectivity index (χ0v) is 13.3. The van der Waals surface area contributed by atoms with E-state index in [4.69, 9.17) is 4.74 Å². The summed E-state index contributed by atoms with van der Waals surface area (Å²) in [7, 11) is 1.57. The predicted octanol–water partition coefficient (Wildman–Crippen LogP) is 2.40. The van der Waals surface area contributed by atoms with Gasteiger partial charge >= 0.3 is 0 Å². The molecular weight excluding hydrogens is 294 g/mol. The normalized spacial score (nSPS) is 10.0. The molecule has 120 valence electrons. The van der Waals surface area contributed by atoms with Crippen LogP contribution in [0, 0.1) is 6.92 Å². The van der Waals surface area contributed by atoms with Crippen molar-refractivity contribution in [2.75, 3.05) is 19.0 Å². The molecule has 23 heavy (non-hydrogen) atoms. The average Bonchev–Trinajstić information content (AvgIpc) is 2.55. The Hall–Kier alpha value is -2.89. The first-order chi connectivity index (χ1) is 11.0. The number of anilines is 1. The summed E-state index contributed by atoms with van der Waals surface area (Å²) in [6.45, 7) is 4.10. The van der Waals surface area contributed by atoms with Gasteiger partial charge in [-0.25, -0.2) is 4.98 Å². The summed E-state index contributed by atoms with van der Waals surface area (Å²) in [6.07, 6.45) is 0. The van der Waals surface area contributed by atoms with Crippen LogP contribution in [0.2, 0.25) is 0 Å². The van der Waals surface area contributed by atoms with Gasteiger partial charge in [0.2, 0.25) is 5.88 Å². The van der Waals surface area contributed by atoms with Crippen molar-refractivity contribution in [3.05, 3.63) is 53.2 Å². The third kappa shape index (κ3) is 4.06. The molecule has 6 nitrogen and oxygen atoms in total. The molecule has 0 spiro atoms. The molecule has 2 aromatic rings. The van der Waals surface area contributed by atoms with E-state index in [-0.39, 0.29) is 11.8 Å². The van der Waals surface area contributed by atoms with E-state index < -0.39 is 0 Å². The standard InChI is InChI=1S/C17H19N3O3/c1-4-23-17-14(10-5-11(2)19-17)16(22)20-13-8-6-12(7-9-13)15(21)18-3/h5-10H,4H2,1-3H3,(H,18,21)(H,20,22). The van der Waals surface area contributed by atoms with Gasteiger partial charge in [0.25, 0.3) is 11.8 Å². The number of hydrogen-bond acceptors (Lipinski definition) is 4. The van der Waals surface area contributed by atoms with E-state index in [1.165, 1.54) is 0 Å². The fourth-order valence-electron chi connectivity index (χ4n) is 2.00. The summed E-state index contributed by atoms with van der Waals surface area (Å²) in [5.74, 6) is -0.176. The van der Waals surface area contributed by atoms with Gasteiger partial charge in [-0.05, 0) is 50.2 Å². The molecule has 2 rings (SSSR count). The molecule has 1 heterocycles. The maximum absolute atomic E-state index is 12.4. The lowest BCUT2D eigenvalue weighted by molar-refractivity contribution is 0.0962. The zero-order valence-electron chi connectivity index (χ0n) is 13.3. The first-order valence-electron chi connectivity index (χ1n) is 7.29. The van der Waals surface area contributed by atoms with E-state index in [1.807, 2.05) is 13.8 Å². The van der Waals surface area contributed by atoms with Crippen LogP contribution in [-0.4, -0.2) is 30.5 Å². The van der Waals surface area contributed by atoms with Crippen LogP contribution in [0.5, 0.6) is 5.88 Å². The Balaban J connectivity index is 2.17. The smallest absolute Gasteiger partial charge is 0.261 e. The summed E-state index contributed by atoms with van der Waals surface area (Å²) < 4.78 is 5.42. The highest BCUT2D eigenvalue weighted by Gasteiger charge is 2.14. The van der Waals surface area contributed by atoms with Gasteiger partial charge in [-0.1, -0.05) is 0 Å². The van der Waals surface area contributed by atoms with Gasteiger partial charge in [-0.3, -0.25) is 9.59 Å². The highest BCUT2D eigenvalue weighted by Crippen LogP contribution is 2.18. The maximum Gasteiger partial charge on any atom is 0.261 e. The third-order valence-corrected chi connectivity index (χ3v) is 3.16. The van der Waals surface area contributed by atoms with Crippen molar-refractivity contribution in [2.24, 2.45) is 0 Å². The second-order valence-electron chi connectivity index (χ2n) is 4.85. The number of nitrogens with one attached hydrogen (secondary N) is 2. The largest absolute Gasteiger partial charge is 0.477 e. The lowest BCUT2D eigenvalue weighted by Gasteiger charge is -2.10. The van der Waals surface area contributed by atoms with E-state index in [1.54, 1.807) is 43.4 Å². The van der Waals surface area contributed by atoms with E-state index in [2.05, 4.69) is 15.6 Å². The molecule has 0 aliphatic rings. The van der Waals surface area contributed by atoms with Crippen LogP contribution in [0.1, 0.15) is 33.3 Å². The lowest BCUT2D eigenvalue weighted by atomic mass is 10.2. The fourth-order valence-corrected chi connectivity index (χ4v) is 2.00. The number of rotatable bonds is 5. The van der Waals surface area contributed by atoms with Crippen molar-refractivity contribution in [3.63, 3.8) is 0 Å². The van der Waals surface area contributed by atoms with Crippen molar-refractivity contribution in [1.29, 1.82) is 0 Å². The minimum absolute atomic E-state index is 0.177. The molecule has 0 unspecified atom stereocenters. The Labute approximate surface area is 134 Å². The third-order valence-electron chi connectivity index (χ3n) is 3.16. The SMILES string of the molecule is CCOc1nc(C)ccc1C(=O)Nc1ccc(C(=O)NC)cc1. The monoisotopic (exact) mass is 313 g/mol. The number of benzene rings is 1. The molecule has 0 atom stereocenters. The quantitative estimate of drug-likeness (QED) is 0.888. The lowest BCUT2D eigenvalue weighted by Crippen LogP contribution is -2.18. The molecule has 0 aliphatic heterocycles. The van der Waals surface area contributed by atoms with Crippen LogP contribution < -0.4 is 15.4 Å². The van der Waals surface area contributed by atoms with Crippen LogP contribution in [0.4, 0.5) is 5.69 Å². The number of carbonyl (C=O) groups excluding carboxylic acids is 2. The number of hydrogen-bond donors (Lipinski definition) is 2. The number of nitrogens with zero attached hydrogens (tertiary/aromatic N) is 1. The summed E-state index contributed by atoms with van der Waals surface area (Å²) in [5.41, 5.74) is 2.26. The molecule has 0 bridgehead atoms. The number of carbonyl (C=O) groups is 2. The van der Waals surface area contributed by atoms with E-state index in [0.29, 0.717) is 29.3 Å². The van der Waals surface area contributed by atoms with Crippen LogP contribution >= 0.6 is 0 Å². The topological polar surface area (TPSA) is 80.3 Å². The van der Waals surface area contributed by atoms with Gasteiger partial charge in [0.15, 0.2) is 0 Å². The molecule has 6 heteroatoms. The molecule has 1 aromatic carbocycles. The summed E-state index contributed by atoms with van der Waals surface area (Å²) in [5, 5.41) is 5.31. The van der Waals surface area contributed by atoms with Crippen LogP contribution in [0.25, 0.3) is 0 Å². The van der Waals surface area contributed by atoms with Crippen molar-refractivity contribution < 1.29 is 14.3 Å². The van der Waals surface area contributed by atoms with Gasteiger partial charge in [-0.15, -0.1) is 0 Å². The van der Waals surface area contributed by atoms with Crippen LogP contribution in [0.15, 0.2) is 36.4 Å². The van der Waals surface area contributed by atoms with E-state index in [9.17, 15) is 9.59 Å². The molecular formula is C17H19N3O3. The van der Waals surface area contributed by atoms with Crippen molar-refractivity contribution >= 4 is 17.5 Å². The molecule has 2 amide bonds. The van der Waals surface area contributed by atoms with Gasteiger partial charge in [0.1, 0.15) is 5.56 Å². The molecule has 0 aliphatic carbocycles.